The van der Waals surface area contributed by atoms with Gasteiger partial charge in [-0.05, 0) is 49.4 Å². The lowest BCUT2D eigenvalue weighted by molar-refractivity contribution is -0.149. The number of hydrogen-bond donors (Lipinski definition) is 1. The van der Waals surface area contributed by atoms with Gasteiger partial charge in [-0.25, -0.2) is 9.59 Å². The maximum absolute atomic E-state index is 12.8. The Morgan fingerprint density at radius 3 is 2.13 bits per heavy atom. The molecular formula is C24H27NO5. The van der Waals surface area contributed by atoms with Gasteiger partial charge in [-0.2, -0.15) is 0 Å². The topological polar surface area (TPSA) is 76.1 Å². The van der Waals surface area contributed by atoms with E-state index in [-0.39, 0.29) is 12.5 Å². The predicted octanol–water partition coefficient (Wildman–Crippen LogP) is 4.28. The molecule has 1 fully saturated rings. The number of ether oxygens (including phenoxy) is 2. The summed E-state index contributed by atoms with van der Waals surface area (Å²) in [7, 11) is 0. The number of carboxylic acids is 1. The summed E-state index contributed by atoms with van der Waals surface area (Å²) < 4.78 is 11.5. The van der Waals surface area contributed by atoms with Gasteiger partial charge in [0, 0.05) is 12.5 Å². The maximum atomic E-state index is 12.8. The molecule has 4 rings (SSSR count). The number of fused-ring (bicyclic) bond motifs is 3. The first kappa shape index (κ1) is 20.4. The van der Waals surface area contributed by atoms with Crippen LogP contribution in [-0.2, 0) is 14.3 Å². The molecule has 2 aromatic rings. The van der Waals surface area contributed by atoms with Crippen molar-refractivity contribution in [3.05, 3.63) is 59.7 Å². The SMILES string of the molecule is CC(C)(C)O[C@@H]1CCN(C(=O)OCC2c3ccccc3-c3ccccc32)[C@@H]1C(=O)O. The Bertz CT molecular complexity index is 919. The number of nitrogens with zero attached hydrogens (tertiary/aromatic N) is 1. The maximum Gasteiger partial charge on any atom is 0.410 e. The fraction of sp³-hybridized carbons (Fsp3) is 0.417. The van der Waals surface area contributed by atoms with Gasteiger partial charge in [0.15, 0.2) is 6.04 Å². The van der Waals surface area contributed by atoms with Crippen molar-refractivity contribution in [2.24, 2.45) is 0 Å². The van der Waals surface area contributed by atoms with E-state index in [4.69, 9.17) is 9.47 Å². The lowest BCUT2D eigenvalue weighted by atomic mass is 9.98. The zero-order valence-electron chi connectivity index (χ0n) is 17.5. The normalized spacial score (nSPS) is 20.7. The molecular weight excluding hydrogens is 382 g/mol. The smallest absolute Gasteiger partial charge is 0.410 e. The highest BCUT2D eigenvalue weighted by Gasteiger charge is 2.45. The molecule has 1 amide bonds. The number of carboxylic acid groups (broad SMARTS) is 1. The lowest BCUT2D eigenvalue weighted by Crippen LogP contribution is -2.47. The molecule has 1 aliphatic carbocycles. The highest BCUT2D eigenvalue weighted by molar-refractivity contribution is 5.82. The quantitative estimate of drug-likeness (QED) is 0.816. The van der Waals surface area contributed by atoms with Crippen LogP contribution in [-0.4, -0.2) is 53.0 Å². The van der Waals surface area contributed by atoms with Crippen LogP contribution in [0.1, 0.15) is 44.2 Å². The third-order valence-electron chi connectivity index (χ3n) is 5.67. The Morgan fingerprint density at radius 2 is 1.60 bits per heavy atom. The zero-order chi connectivity index (χ0) is 21.5. The molecule has 6 nitrogen and oxygen atoms in total. The van der Waals surface area contributed by atoms with Crippen LogP contribution in [0.5, 0.6) is 0 Å². The Balaban J connectivity index is 1.49. The second-order valence-corrected chi connectivity index (χ2v) is 8.84. The minimum atomic E-state index is -1.07. The van der Waals surface area contributed by atoms with E-state index in [1.54, 1.807) is 0 Å². The van der Waals surface area contributed by atoms with Gasteiger partial charge in [0.2, 0.25) is 0 Å². The van der Waals surface area contributed by atoms with Gasteiger partial charge in [0.1, 0.15) is 6.61 Å². The average molecular weight is 409 g/mol. The van der Waals surface area contributed by atoms with Gasteiger partial charge in [0.25, 0.3) is 0 Å². The summed E-state index contributed by atoms with van der Waals surface area (Å²) >= 11 is 0. The number of carbonyl (C=O) groups excluding carboxylic acids is 1. The van der Waals surface area contributed by atoms with E-state index in [1.807, 2.05) is 45.0 Å². The Labute approximate surface area is 176 Å². The third-order valence-corrected chi connectivity index (χ3v) is 5.67. The van der Waals surface area contributed by atoms with Crippen LogP contribution in [0.15, 0.2) is 48.5 Å². The van der Waals surface area contributed by atoms with Crippen molar-refractivity contribution in [3.63, 3.8) is 0 Å². The third kappa shape index (κ3) is 3.79. The summed E-state index contributed by atoms with van der Waals surface area (Å²) in [6, 6.07) is 15.2. The molecule has 0 aromatic heterocycles. The zero-order valence-corrected chi connectivity index (χ0v) is 17.5. The van der Waals surface area contributed by atoms with Crippen LogP contribution in [0.25, 0.3) is 11.1 Å². The van der Waals surface area contributed by atoms with Crippen LogP contribution >= 0.6 is 0 Å². The Morgan fingerprint density at radius 1 is 1.03 bits per heavy atom. The second kappa shape index (κ2) is 7.76. The molecule has 0 unspecified atom stereocenters. The standard InChI is InChI=1S/C24H27NO5/c1-24(2,3)30-20-12-13-25(21(20)22(26)27)23(28)29-14-19-17-10-6-4-8-15(17)16-9-5-7-11-18(16)19/h4-11,19-21H,12-14H2,1-3H3,(H,26,27)/t20-,21+/m1/s1. The lowest BCUT2D eigenvalue weighted by Gasteiger charge is -2.29. The van der Waals surface area contributed by atoms with Gasteiger partial charge in [0.05, 0.1) is 11.7 Å². The van der Waals surface area contributed by atoms with E-state index in [0.29, 0.717) is 13.0 Å². The van der Waals surface area contributed by atoms with Crippen LogP contribution < -0.4 is 0 Å². The van der Waals surface area contributed by atoms with Crippen molar-refractivity contribution >= 4 is 12.1 Å². The Hall–Kier alpha value is -2.86. The van der Waals surface area contributed by atoms with Gasteiger partial charge in [-0.15, -0.1) is 0 Å². The first-order valence-corrected chi connectivity index (χ1v) is 10.3. The molecule has 1 N–H and O–H groups in total. The van der Waals surface area contributed by atoms with Gasteiger partial charge in [-0.1, -0.05) is 48.5 Å². The summed E-state index contributed by atoms with van der Waals surface area (Å²) in [5, 5.41) is 9.71. The van der Waals surface area contributed by atoms with E-state index < -0.39 is 29.8 Å². The summed E-state index contributed by atoms with van der Waals surface area (Å²) in [5.74, 6) is -1.14. The number of likely N-dealkylation sites (tertiary alicyclic amines) is 1. The monoisotopic (exact) mass is 409 g/mol. The molecule has 158 valence electrons. The highest BCUT2D eigenvalue weighted by Crippen LogP contribution is 2.44. The van der Waals surface area contributed by atoms with Crippen molar-refractivity contribution in [1.29, 1.82) is 0 Å². The molecule has 0 bridgehead atoms. The summed E-state index contributed by atoms with van der Waals surface area (Å²) in [5.41, 5.74) is 4.05. The summed E-state index contributed by atoms with van der Waals surface area (Å²) in [4.78, 5) is 26.0. The molecule has 2 atom stereocenters. The molecule has 1 heterocycles. The molecule has 2 aromatic carbocycles. The molecule has 30 heavy (non-hydrogen) atoms. The molecule has 1 saturated heterocycles. The van der Waals surface area contributed by atoms with E-state index in [2.05, 4.69) is 24.3 Å². The number of rotatable bonds is 4. The number of aliphatic carboxylic acids is 1. The molecule has 0 saturated carbocycles. The predicted molar refractivity (Wildman–Crippen MR) is 112 cm³/mol. The summed E-state index contributed by atoms with van der Waals surface area (Å²) in [6.45, 7) is 6.10. The van der Waals surface area contributed by atoms with Crippen molar-refractivity contribution in [3.8, 4) is 11.1 Å². The number of carbonyl (C=O) groups is 2. The van der Waals surface area contributed by atoms with Gasteiger partial charge < -0.3 is 14.6 Å². The first-order chi connectivity index (χ1) is 14.3. The first-order valence-electron chi connectivity index (χ1n) is 10.3. The number of amides is 1. The highest BCUT2D eigenvalue weighted by atomic mass is 16.6. The van der Waals surface area contributed by atoms with E-state index in [1.165, 1.54) is 4.90 Å². The van der Waals surface area contributed by atoms with Crippen molar-refractivity contribution in [1.82, 2.24) is 4.90 Å². The van der Waals surface area contributed by atoms with Crippen molar-refractivity contribution < 1.29 is 24.2 Å². The van der Waals surface area contributed by atoms with Crippen LogP contribution in [0.3, 0.4) is 0 Å². The molecule has 0 radical (unpaired) electrons. The fourth-order valence-electron chi connectivity index (χ4n) is 4.52. The fourth-order valence-corrected chi connectivity index (χ4v) is 4.52. The van der Waals surface area contributed by atoms with Gasteiger partial charge in [-0.3, -0.25) is 4.90 Å². The minimum Gasteiger partial charge on any atom is -0.480 e. The van der Waals surface area contributed by atoms with Gasteiger partial charge >= 0.3 is 12.1 Å². The number of benzene rings is 2. The average Bonchev–Trinajstić information content (AvgIpc) is 3.24. The molecule has 6 heteroatoms. The van der Waals surface area contributed by atoms with Crippen LogP contribution in [0.2, 0.25) is 0 Å². The molecule has 0 spiro atoms. The van der Waals surface area contributed by atoms with E-state index in [9.17, 15) is 14.7 Å². The van der Waals surface area contributed by atoms with E-state index >= 15 is 0 Å². The largest absolute Gasteiger partial charge is 0.480 e. The van der Waals surface area contributed by atoms with E-state index in [0.717, 1.165) is 22.3 Å². The Kier molecular flexibility index (Phi) is 5.28. The van der Waals surface area contributed by atoms with Crippen LogP contribution in [0.4, 0.5) is 4.79 Å². The molecule has 2 aliphatic rings. The minimum absolute atomic E-state index is 0.0612. The van der Waals surface area contributed by atoms with Crippen molar-refractivity contribution in [2.75, 3.05) is 13.2 Å². The van der Waals surface area contributed by atoms with Crippen molar-refractivity contribution in [2.45, 2.75) is 50.9 Å². The molecule has 1 aliphatic heterocycles. The van der Waals surface area contributed by atoms with Crippen LogP contribution in [0, 0.1) is 0 Å². The second-order valence-electron chi connectivity index (χ2n) is 8.84. The summed E-state index contributed by atoms with van der Waals surface area (Å²) in [6.07, 6.45) is -0.689. The number of hydrogen-bond acceptors (Lipinski definition) is 4.